The molecule has 0 amide bonds. The lowest BCUT2D eigenvalue weighted by Crippen LogP contribution is -2.17. The molecule has 0 saturated heterocycles. The second-order valence-corrected chi connectivity index (χ2v) is 14.5. The molecule has 1 aliphatic rings. The van der Waals surface area contributed by atoms with Gasteiger partial charge in [-0.1, -0.05) is 166 Å². The fourth-order valence-corrected chi connectivity index (χ4v) is 8.67. The van der Waals surface area contributed by atoms with Crippen molar-refractivity contribution in [1.29, 1.82) is 0 Å². The molecule has 0 unspecified atom stereocenters. The summed E-state index contributed by atoms with van der Waals surface area (Å²) in [6, 6.07) is 69.2. The molecule has 0 aliphatic heterocycles. The Morgan fingerprint density at radius 3 is 1.46 bits per heavy atom. The van der Waals surface area contributed by atoms with Crippen LogP contribution >= 0.6 is 0 Å². The largest absolute Gasteiger partial charge is 0.310 e. The highest BCUT2D eigenvalue weighted by atomic mass is 15.1. The van der Waals surface area contributed by atoms with E-state index in [1.807, 2.05) is 0 Å². The monoisotopic (exact) mass is 663 g/mol. The molecule has 1 nitrogen and oxygen atoms in total. The van der Waals surface area contributed by atoms with Crippen molar-refractivity contribution in [3.8, 4) is 33.4 Å². The molecule has 246 valence electrons. The van der Waals surface area contributed by atoms with Gasteiger partial charge in [0, 0.05) is 22.4 Å². The van der Waals surface area contributed by atoms with Gasteiger partial charge in [0.1, 0.15) is 0 Å². The maximum Gasteiger partial charge on any atom is 0.0546 e. The van der Waals surface area contributed by atoms with E-state index in [4.69, 9.17) is 0 Å². The quantitative estimate of drug-likeness (QED) is 0.166. The van der Waals surface area contributed by atoms with Gasteiger partial charge >= 0.3 is 0 Å². The molecular weight excluding hydrogens is 627 g/mol. The Kier molecular flexibility index (Phi) is 6.91. The highest BCUT2D eigenvalue weighted by Gasteiger charge is 2.36. The van der Waals surface area contributed by atoms with Gasteiger partial charge in [-0.05, 0) is 108 Å². The summed E-state index contributed by atoms with van der Waals surface area (Å²) < 4.78 is 0. The van der Waals surface area contributed by atoms with Gasteiger partial charge in [0.15, 0.2) is 0 Å². The van der Waals surface area contributed by atoms with E-state index < -0.39 is 0 Å². The van der Waals surface area contributed by atoms with E-state index in [0.717, 1.165) is 17.1 Å². The predicted molar refractivity (Wildman–Crippen MR) is 222 cm³/mol. The summed E-state index contributed by atoms with van der Waals surface area (Å²) in [5.41, 5.74) is 13.5. The van der Waals surface area contributed by atoms with E-state index in [2.05, 4.69) is 207 Å². The van der Waals surface area contributed by atoms with Crippen LogP contribution in [0.2, 0.25) is 0 Å². The van der Waals surface area contributed by atoms with Crippen LogP contribution in [0.5, 0.6) is 0 Å². The molecule has 9 aromatic rings. The maximum atomic E-state index is 2.49. The molecule has 0 saturated carbocycles. The lowest BCUT2D eigenvalue weighted by atomic mass is 9.82. The van der Waals surface area contributed by atoms with Crippen LogP contribution in [-0.4, -0.2) is 0 Å². The molecule has 0 aromatic heterocycles. The lowest BCUT2D eigenvalue weighted by molar-refractivity contribution is 0.660. The molecule has 0 heterocycles. The summed E-state index contributed by atoms with van der Waals surface area (Å²) in [6.07, 6.45) is 0. The number of anilines is 3. The van der Waals surface area contributed by atoms with E-state index in [0.29, 0.717) is 0 Å². The van der Waals surface area contributed by atoms with Crippen LogP contribution in [0.4, 0.5) is 17.1 Å². The number of hydrogen-bond donors (Lipinski definition) is 0. The Hall–Kier alpha value is -6.44. The molecule has 0 bridgehead atoms. The number of rotatable bonds is 5. The smallest absolute Gasteiger partial charge is 0.0546 e. The van der Waals surface area contributed by atoms with Crippen molar-refractivity contribution in [2.24, 2.45) is 0 Å². The maximum absolute atomic E-state index is 2.49. The van der Waals surface area contributed by atoms with E-state index >= 15 is 0 Å². The van der Waals surface area contributed by atoms with Gasteiger partial charge in [0.05, 0.1) is 5.69 Å². The van der Waals surface area contributed by atoms with Gasteiger partial charge in [-0.3, -0.25) is 0 Å². The first-order valence-corrected chi connectivity index (χ1v) is 18.2. The molecular formula is C51H37N. The fraction of sp³-hybridized carbons (Fsp3) is 0.0588. The average molecular weight is 664 g/mol. The Morgan fingerprint density at radius 2 is 0.808 bits per heavy atom. The number of hydrogen-bond acceptors (Lipinski definition) is 1. The standard InChI is InChI=1S/C51H37N/c1-51(2)48-24-14-13-23-43(48)44-30-29-38(31-49(44)51)52(37-27-25-35(26-28-37)34-15-5-3-6-16-34)50-33-47-42-22-12-10-20-40(42)39-19-9-11-21-41(39)46(47)32-45(50)36-17-7-4-8-18-36/h3-33H,1-2H3. The Bertz CT molecular complexity index is 2790. The van der Waals surface area contributed by atoms with Gasteiger partial charge in [-0.25, -0.2) is 0 Å². The van der Waals surface area contributed by atoms with Crippen LogP contribution < -0.4 is 4.90 Å². The summed E-state index contributed by atoms with van der Waals surface area (Å²) in [5, 5.41) is 7.62. The van der Waals surface area contributed by atoms with Gasteiger partial charge < -0.3 is 4.90 Å². The Balaban J connectivity index is 1.28. The van der Waals surface area contributed by atoms with Crippen LogP contribution in [0.15, 0.2) is 188 Å². The fourth-order valence-electron chi connectivity index (χ4n) is 8.67. The number of nitrogens with zero attached hydrogens (tertiary/aromatic N) is 1. The molecule has 10 rings (SSSR count). The summed E-state index contributed by atoms with van der Waals surface area (Å²) >= 11 is 0. The van der Waals surface area contributed by atoms with Crippen LogP contribution in [0.1, 0.15) is 25.0 Å². The first kappa shape index (κ1) is 30.4. The first-order chi connectivity index (χ1) is 25.6. The Morgan fingerprint density at radius 1 is 0.327 bits per heavy atom. The van der Waals surface area contributed by atoms with Crippen molar-refractivity contribution < 1.29 is 0 Å². The summed E-state index contributed by atoms with van der Waals surface area (Å²) in [7, 11) is 0. The third kappa shape index (κ3) is 4.70. The van der Waals surface area contributed by atoms with Crippen molar-refractivity contribution in [2.75, 3.05) is 4.90 Å². The van der Waals surface area contributed by atoms with E-state index in [-0.39, 0.29) is 5.41 Å². The third-order valence-corrected chi connectivity index (χ3v) is 11.2. The SMILES string of the molecule is CC1(C)c2ccccc2-c2ccc(N(c3ccc(-c4ccccc4)cc3)c3cc4c5ccccc5c5ccccc5c4cc3-c3ccccc3)cc21. The summed E-state index contributed by atoms with van der Waals surface area (Å²) in [6.45, 7) is 4.73. The van der Waals surface area contributed by atoms with Gasteiger partial charge in [0.25, 0.3) is 0 Å². The molecule has 0 radical (unpaired) electrons. The normalized spacial score (nSPS) is 13.0. The minimum atomic E-state index is -0.120. The van der Waals surface area contributed by atoms with Crippen LogP contribution in [0.25, 0.3) is 65.7 Å². The molecule has 1 aliphatic carbocycles. The summed E-state index contributed by atoms with van der Waals surface area (Å²) in [5.74, 6) is 0. The topological polar surface area (TPSA) is 3.24 Å². The highest BCUT2D eigenvalue weighted by molar-refractivity contribution is 6.26. The van der Waals surface area contributed by atoms with Crippen molar-refractivity contribution in [2.45, 2.75) is 19.3 Å². The van der Waals surface area contributed by atoms with Crippen molar-refractivity contribution >= 4 is 49.4 Å². The third-order valence-electron chi connectivity index (χ3n) is 11.2. The second kappa shape index (κ2) is 11.8. The molecule has 0 spiro atoms. The molecule has 1 heteroatoms. The summed E-state index contributed by atoms with van der Waals surface area (Å²) in [4.78, 5) is 2.49. The van der Waals surface area contributed by atoms with Gasteiger partial charge in [-0.2, -0.15) is 0 Å². The van der Waals surface area contributed by atoms with Crippen molar-refractivity contribution in [3.63, 3.8) is 0 Å². The number of fused-ring (bicyclic) bond motifs is 9. The van der Waals surface area contributed by atoms with Gasteiger partial charge in [0.2, 0.25) is 0 Å². The molecule has 0 N–H and O–H groups in total. The molecule has 9 aromatic carbocycles. The van der Waals surface area contributed by atoms with Crippen LogP contribution in [0.3, 0.4) is 0 Å². The molecule has 52 heavy (non-hydrogen) atoms. The van der Waals surface area contributed by atoms with Crippen LogP contribution in [0, 0.1) is 0 Å². The average Bonchev–Trinajstić information content (AvgIpc) is 3.44. The first-order valence-electron chi connectivity index (χ1n) is 18.2. The van der Waals surface area contributed by atoms with Crippen LogP contribution in [-0.2, 0) is 5.41 Å². The van der Waals surface area contributed by atoms with Gasteiger partial charge in [-0.15, -0.1) is 0 Å². The predicted octanol–water partition coefficient (Wildman–Crippen LogP) is 14.3. The zero-order valence-electron chi connectivity index (χ0n) is 29.3. The lowest BCUT2D eigenvalue weighted by Gasteiger charge is -2.30. The highest BCUT2D eigenvalue weighted by Crippen LogP contribution is 2.52. The molecule has 0 atom stereocenters. The zero-order chi connectivity index (χ0) is 34.8. The number of benzene rings is 9. The van der Waals surface area contributed by atoms with E-state index in [1.165, 1.54) is 76.8 Å². The van der Waals surface area contributed by atoms with Crippen molar-refractivity contribution in [1.82, 2.24) is 0 Å². The minimum absolute atomic E-state index is 0.120. The second-order valence-electron chi connectivity index (χ2n) is 14.5. The van der Waals surface area contributed by atoms with E-state index in [1.54, 1.807) is 0 Å². The minimum Gasteiger partial charge on any atom is -0.310 e. The van der Waals surface area contributed by atoms with E-state index in [9.17, 15) is 0 Å². The zero-order valence-corrected chi connectivity index (χ0v) is 29.3. The molecule has 0 fully saturated rings. The Labute approximate surface area is 305 Å². The van der Waals surface area contributed by atoms with Crippen molar-refractivity contribution in [3.05, 3.63) is 199 Å².